The third kappa shape index (κ3) is 2.61. The molecule has 1 N–H and O–H groups in total. The molecule has 0 saturated carbocycles. The maximum Gasteiger partial charge on any atom is 0.353 e. The number of carboxylic acids is 1. The first kappa shape index (κ1) is 12.8. The highest BCUT2D eigenvalue weighted by molar-refractivity contribution is 6.36. The Morgan fingerprint density at radius 2 is 2.39 bits per heavy atom. The van der Waals surface area contributed by atoms with Gasteiger partial charge in [0.2, 0.25) is 6.10 Å². The highest BCUT2D eigenvalue weighted by atomic mass is 16.6. The topological polar surface area (TPSA) is 88.4 Å². The molecule has 2 rings (SSSR count). The van der Waals surface area contributed by atoms with Crippen LogP contribution in [-0.4, -0.2) is 60.5 Å². The second-order valence-electron chi connectivity index (χ2n) is 4.54. The highest BCUT2D eigenvalue weighted by Crippen LogP contribution is 2.20. The molecule has 0 aromatic heterocycles. The van der Waals surface area contributed by atoms with Gasteiger partial charge in [-0.05, 0) is 6.42 Å². The van der Waals surface area contributed by atoms with Crippen LogP contribution < -0.4 is 0 Å². The number of carboxylic acid groups (broad SMARTS) is 1. The molecule has 2 atom stereocenters. The Morgan fingerprint density at radius 3 is 3.00 bits per heavy atom. The Bertz CT molecular complexity index is 382. The van der Waals surface area contributed by atoms with Gasteiger partial charge in [-0.25, -0.2) is 4.79 Å². The predicted molar refractivity (Wildman–Crippen MR) is 61.1 cm³/mol. The largest absolute Gasteiger partial charge is 0.477 e. The Hall–Kier alpha value is -1.63. The summed E-state index contributed by atoms with van der Waals surface area (Å²) in [5.74, 6) is -0.974. The first-order valence-electron chi connectivity index (χ1n) is 5.85. The monoisotopic (exact) mass is 256 g/mol. The van der Waals surface area contributed by atoms with Crippen LogP contribution in [-0.2, 0) is 19.2 Å². The average Bonchev–Trinajstić information content (AvgIpc) is 2.97. The van der Waals surface area contributed by atoms with E-state index in [1.54, 1.807) is 12.0 Å². The van der Waals surface area contributed by atoms with Crippen molar-refractivity contribution in [3.05, 3.63) is 0 Å². The van der Waals surface area contributed by atoms with E-state index in [4.69, 9.17) is 14.7 Å². The number of likely N-dealkylation sites (tertiary alicyclic amines) is 1. The maximum atomic E-state index is 12.1. The molecule has 7 nitrogen and oxygen atoms in total. The molecule has 0 aromatic carbocycles. The van der Waals surface area contributed by atoms with Crippen LogP contribution in [0.5, 0.6) is 0 Å². The van der Waals surface area contributed by atoms with E-state index in [9.17, 15) is 9.59 Å². The standard InChI is InChI=1S/C11H16N2O5/c1-17-6-7-2-3-13(5-7)10(14)9-4-8(11(15)16)12-18-9/h7,9H,2-6H2,1H3,(H,15,16). The van der Waals surface area contributed by atoms with Crippen LogP contribution in [0.4, 0.5) is 0 Å². The number of amides is 1. The van der Waals surface area contributed by atoms with Gasteiger partial charge in [-0.3, -0.25) is 4.79 Å². The van der Waals surface area contributed by atoms with E-state index in [0.717, 1.165) is 6.42 Å². The molecular weight excluding hydrogens is 240 g/mol. The Kier molecular flexibility index (Phi) is 3.81. The van der Waals surface area contributed by atoms with E-state index in [1.165, 1.54) is 0 Å². The molecule has 1 saturated heterocycles. The van der Waals surface area contributed by atoms with Crippen LogP contribution in [0.3, 0.4) is 0 Å². The summed E-state index contributed by atoms with van der Waals surface area (Å²) in [6.45, 7) is 1.93. The number of methoxy groups -OCH3 is 1. The van der Waals surface area contributed by atoms with Crippen LogP contribution >= 0.6 is 0 Å². The van der Waals surface area contributed by atoms with Gasteiger partial charge in [-0.15, -0.1) is 0 Å². The van der Waals surface area contributed by atoms with E-state index in [1.807, 2.05) is 0 Å². The van der Waals surface area contributed by atoms with Crippen LogP contribution in [0.2, 0.25) is 0 Å². The molecule has 18 heavy (non-hydrogen) atoms. The molecule has 100 valence electrons. The van der Waals surface area contributed by atoms with E-state index in [0.29, 0.717) is 25.6 Å². The quantitative estimate of drug-likeness (QED) is 0.746. The van der Waals surface area contributed by atoms with Crippen LogP contribution in [0.15, 0.2) is 5.16 Å². The molecule has 2 aliphatic rings. The number of ether oxygens (including phenoxy) is 1. The van der Waals surface area contributed by atoms with Crippen molar-refractivity contribution in [1.82, 2.24) is 4.90 Å². The summed E-state index contributed by atoms with van der Waals surface area (Å²) in [4.78, 5) is 29.3. The summed E-state index contributed by atoms with van der Waals surface area (Å²) >= 11 is 0. The third-order valence-corrected chi connectivity index (χ3v) is 3.19. The molecule has 0 bridgehead atoms. The van der Waals surface area contributed by atoms with E-state index in [-0.39, 0.29) is 18.0 Å². The van der Waals surface area contributed by atoms with Gasteiger partial charge in [-0.1, -0.05) is 5.16 Å². The van der Waals surface area contributed by atoms with Crippen LogP contribution in [0.25, 0.3) is 0 Å². The van der Waals surface area contributed by atoms with Gasteiger partial charge in [0, 0.05) is 32.5 Å². The zero-order chi connectivity index (χ0) is 13.1. The minimum atomic E-state index is -1.14. The number of hydrogen-bond donors (Lipinski definition) is 1. The molecule has 0 aliphatic carbocycles. The smallest absolute Gasteiger partial charge is 0.353 e. The minimum Gasteiger partial charge on any atom is -0.477 e. The van der Waals surface area contributed by atoms with Crippen molar-refractivity contribution >= 4 is 17.6 Å². The third-order valence-electron chi connectivity index (χ3n) is 3.19. The van der Waals surface area contributed by atoms with E-state index in [2.05, 4.69) is 5.16 Å². The summed E-state index contributed by atoms with van der Waals surface area (Å²) in [6.07, 6.45) is 0.163. The summed E-state index contributed by atoms with van der Waals surface area (Å²) in [5, 5.41) is 12.1. The van der Waals surface area contributed by atoms with Gasteiger partial charge in [0.15, 0.2) is 5.71 Å². The lowest BCUT2D eigenvalue weighted by atomic mass is 10.1. The normalized spacial score (nSPS) is 26.9. The summed E-state index contributed by atoms with van der Waals surface area (Å²) < 4.78 is 5.06. The average molecular weight is 256 g/mol. The zero-order valence-electron chi connectivity index (χ0n) is 10.2. The van der Waals surface area contributed by atoms with Crippen molar-refractivity contribution in [2.75, 3.05) is 26.8 Å². The molecule has 2 heterocycles. The summed E-state index contributed by atoms with van der Waals surface area (Å²) in [7, 11) is 1.64. The number of rotatable bonds is 4. The highest BCUT2D eigenvalue weighted by Gasteiger charge is 2.37. The zero-order valence-corrected chi connectivity index (χ0v) is 10.2. The predicted octanol–water partition coefficient (Wildman–Crippen LogP) is -0.289. The molecule has 1 amide bonds. The second-order valence-corrected chi connectivity index (χ2v) is 4.54. The Labute approximate surface area is 104 Å². The molecule has 7 heteroatoms. The van der Waals surface area contributed by atoms with Crippen LogP contribution in [0.1, 0.15) is 12.8 Å². The summed E-state index contributed by atoms with van der Waals surface area (Å²) in [6, 6.07) is 0. The maximum absolute atomic E-state index is 12.1. The number of oxime groups is 1. The first-order chi connectivity index (χ1) is 8.61. The first-order valence-corrected chi connectivity index (χ1v) is 5.85. The Balaban J connectivity index is 1.85. The fourth-order valence-corrected chi connectivity index (χ4v) is 2.24. The minimum absolute atomic E-state index is 0.0413. The van der Waals surface area contributed by atoms with Gasteiger partial charge in [0.25, 0.3) is 5.91 Å². The van der Waals surface area contributed by atoms with Crippen LogP contribution in [0, 0.1) is 5.92 Å². The van der Waals surface area contributed by atoms with Gasteiger partial charge >= 0.3 is 5.97 Å². The fraction of sp³-hybridized carbons (Fsp3) is 0.727. The SMILES string of the molecule is COCC1CCN(C(=O)C2CC(C(=O)O)=NO2)C1. The lowest BCUT2D eigenvalue weighted by Gasteiger charge is -2.19. The molecule has 0 aromatic rings. The van der Waals surface area contributed by atoms with E-state index >= 15 is 0 Å². The number of carbonyl (C=O) groups excluding carboxylic acids is 1. The van der Waals surface area contributed by atoms with Crippen molar-refractivity contribution in [2.24, 2.45) is 11.1 Å². The molecule has 0 radical (unpaired) electrons. The Morgan fingerprint density at radius 1 is 1.61 bits per heavy atom. The van der Waals surface area contributed by atoms with Gasteiger partial charge in [-0.2, -0.15) is 0 Å². The van der Waals surface area contributed by atoms with Crippen molar-refractivity contribution in [1.29, 1.82) is 0 Å². The van der Waals surface area contributed by atoms with Crippen molar-refractivity contribution in [2.45, 2.75) is 18.9 Å². The number of carbonyl (C=O) groups is 2. The van der Waals surface area contributed by atoms with Crippen molar-refractivity contribution < 1.29 is 24.3 Å². The van der Waals surface area contributed by atoms with Crippen molar-refractivity contribution in [3.8, 4) is 0 Å². The lowest BCUT2D eigenvalue weighted by Crippen LogP contribution is -2.38. The second kappa shape index (κ2) is 5.34. The molecule has 1 fully saturated rings. The number of aliphatic carboxylic acids is 1. The molecule has 2 aliphatic heterocycles. The molecule has 2 unspecified atom stereocenters. The number of hydrogen-bond acceptors (Lipinski definition) is 5. The molecule has 0 spiro atoms. The van der Waals surface area contributed by atoms with Gasteiger partial charge in [0.1, 0.15) is 0 Å². The fourth-order valence-electron chi connectivity index (χ4n) is 2.24. The van der Waals surface area contributed by atoms with Gasteiger partial charge in [0.05, 0.1) is 6.61 Å². The molecular formula is C11H16N2O5. The lowest BCUT2D eigenvalue weighted by molar-refractivity contribution is -0.141. The van der Waals surface area contributed by atoms with Gasteiger partial charge < -0.3 is 19.6 Å². The number of nitrogens with zero attached hydrogens (tertiary/aromatic N) is 2. The van der Waals surface area contributed by atoms with E-state index < -0.39 is 12.1 Å². The van der Waals surface area contributed by atoms with Crippen molar-refractivity contribution in [3.63, 3.8) is 0 Å². The summed E-state index contributed by atoms with van der Waals surface area (Å²) in [5.41, 5.74) is -0.0963.